The van der Waals surface area contributed by atoms with Gasteiger partial charge < -0.3 is 10.4 Å². The Bertz CT molecular complexity index is 467. The zero-order valence-electron chi connectivity index (χ0n) is 10.5. The van der Waals surface area contributed by atoms with Crippen molar-refractivity contribution in [3.8, 4) is 0 Å². The highest BCUT2D eigenvalue weighted by Crippen LogP contribution is 2.26. The van der Waals surface area contributed by atoms with E-state index in [2.05, 4.69) is 21.2 Å². The number of hydrogen-bond donors (Lipinski definition) is 2. The predicted molar refractivity (Wildman–Crippen MR) is 79.4 cm³/mol. The molecule has 19 heavy (non-hydrogen) atoms. The minimum atomic E-state index is -0.673. The Hall–Kier alpha value is -0.580. The van der Waals surface area contributed by atoms with E-state index in [1.54, 1.807) is 0 Å². The van der Waals surface area contributed by atoms with Gasteiger partial charge in [0, 0.05) is 22.1 Å². The molecule has 104 valence electrons. The Morgan fingerprint density at radius 1 is 1.47 bits per heavy atom. The van der Waals surface area contributed by atoms with Gasteiger partial charge in [0.15, 0.2) is 0 Å². The van der Waals surface area contributed by atoms with Crippen molar-refractivity contribution in [2.45, 2.75) is 38.3 Å². The molecule has 5 heteroatoms. The number of carboxylic acids is 1. The number of rotatable bonds is 4. The molecule has 1 aliphatic carbocycles. The van der Waals surface area contributed by atoms with E-state index in [4.69, 9.17) is 16.7 Å². The molecular formula is C14H17BrClNO2. The summed E-state index contributed by atoms with van der Waals surface area (Å²) in [4.78, 5) is 11.0. The van der Waals surface area contributed by atoms with Crippen molar-refractivity contribution < 1.29 is 9.90 Å². The van der Waals surface area contributed by atoms with Gasteiger partial charge in [-0.25, -0.2) is 0 Å². The van der Waals surface area contributed by atoms with Crippen molar-refractivity contribution in [3.05, 3.63) is 33.3 Å². The summed E-state index contributed by atoms with van der Waals surface area (Å²) in [6, 6.07) is 6.09. The molecule has 2 N–H and O–H groups in total. The largest absolute Gasteiger partial charge is 0.481 e. The van der Waals surface area contributed by atoms with Crippen molar-refractivity contribution in [1.29, 1.82) is 0 Å². The van der Waals surface area contributed by atoms with Gasteiger partial charge >= 0.3 is 5.97 Å². The van der Waals surface area contributed by atoms with Gasteiger partial charge in [-0.1, -0.05) is 40.0 Å². The second-order valence-corrected chi connectivity index (χ2v) is 6.34. The maximum atomic E-state index is 11.0. The van der Waals surface area contributed by atoms with Crippen LogP contribution >= 0.6 is 27.5 Å². The Labute approximate surface area is 126 Å². The van der Waals surface area contributed by atoms with E-state index in [-0.39, 0.29) is 12.0 Å². The van der Waals surface area contributed by atoms with Gasteiger partial charge in [-0.2, -0.15) is 0 Å². The first-order valence-corrected chi connectivity index (χ1v) is 7.63. The van der Waals surface area contributed by atoms with Crippen molar-refractivity contribution >= 4 is 33.5 Å². The van der Waals surface area contributed by atoms with Crippen LogP contribution in [0.25, 0.3) is 0 Å². The Morgan fingerprint density at radius 2 is 2.26 bits per heavy atom. The van der Waals surface area contributed by atoms with E-state index < -0.39 is 5.97 Å². The molecular weight excluding hydrogens is 330 g/mol. The second kappa shape index (κ2) is 6.73. The van der Waals surface area contributed by atoms with E-state index in [1.165, 1.54) is 0 Å². The molecule has 0 amide bonds. The van der Waals surface area contributed by atoms with Crippen LogP contribution in [0, 0.1) is 5.92 Å². The second-order valence-electron chi connectivity index (χ2n) is 5.02. The standard InChI is InChI=1S/C14H17BrClNO2/c15-11-5-4-10(13(16)7-11)8-17-12-3-1-2-9(6-12)14(18)19/h4-5,7,9,12,17H,1-3,6,8H2,(H,18,19). The zero-order valence-corrected chi connectivity index (χ0v) is 12.9. The lowest BCUT2D eigenvalue weighted by atomic mass is 9.86. The topological polar surface area (TPSA) is 49.3 Å². The minimum absolute atomic E-state index is 0.202. The summed E-state index contributed by atoms with van der Waals surface area (Å²) in [6.45, 7) is 0.684. The molecule has 1 saturated carbocycles. The molecule has 1 fully saturated rings. The summed E-state index contributed by atoms with van der Waals surface area (Å²) in [5.74, 6) is -0.875. The van der Waals surface area contributed by atoms with Gasteiger partial charge in [0.1, 0.15) is 0 Å². The van der Waals surface area contributed by atoms with E-state index in [0.717, 1.165) is 34.3 Å². The Kier molecular flexibility index (Phi) is 5.25. The van der Waals surface area contributed by atoms with Crippen molar-refractivity contribution in [2.75, 3.05) is 0 Å². The van der Waals surface area contributed by atoms with Crippen molar-refractivity contribution in [1.82, 2.24) is 5.32 Å². The predicted octanol–water partition coefficient (Wildman–Crippen LogP) is 3.84. The van der Waals surface area contributed by atoms with Crippen LogP contribution in [0.2, 0.25) is 5.02 Å². The van der Waals surface area contributed by atoms with Crippen LogP contribution < -0.4 is 5.32 Å². The number of halogens is 2. The normalized spacial score (nSPS) is 23.3. The van der Waals surface area contributed by atoms with E-state index in [9.17, 15) is 4.79 Å². The fourth-order valence-corrected chi connectivity index (χ4v) is 3.26. The molecule has 2 rings (SSSR count). The molecule has 1 aliphatic rings. The molecule has 1 aromatic carbocycles. The molecule has 2 unspecified atom stereocenters. The maximum Gasteiger partial charge on any atom is 0.306 e. The van der Waals surface area contributed by atoms with Crippen molar-refractivity contribution in [2.24, 2.45) is 5.92 Å². The summed E-state index contributed by atoms with van der Waals surface area (Å²) in [6.07, 6.45) is 3.52. The summed E-state index contributed by atoms with van der Waals surface area (Å²) < 4.78 is 0.963. The molecule has 3 nitrogen and oxygen atoms in total. The van der Waals surface area contributed by atoms with Gasteiger partial charge in [0.2, 0.25) is 0 Å². The van der Waals surface area contributed by atoms with Crippen LogP contribution in [-0.4, -0.2) is 17.1 Å². The molecule has 0 radical (unpaired) electrons. The third-order valence-electron chi connectivity index (χ3n) is 3.62. The van der Waals surface area contributed by atoms with E-state index in [1.807, 2.05) is 18.2 Å². The summed E-state index contributed by atoms with van der Waals surface area (Å²) in [5, 5.41) is 13.2. The first-order chi connectivity index (χ1) is 9.06. The van der Waals surface area contributed by atoms with Crippen LogP contribution in [0.15, 0.2) is 22.7 Å². The maximum absolute atomic E-state index is 11.0. The average Bonchev–Trinajstić information content (AvgIpc) is 2.38. The highest BCUT2D eigenvalue weighted by atomic mass is 79.9. The Morgan fingerprint density at radius 3 is 2.95 bits per heavy atom. The number of benzene rings is 1. The average molecular weight is 347 g/mol. The number of aliphatic carboxylic acids is 1. The minimum Gasteiger partial charge on any atom is -0.481 e. The van der Waals surface area contributed by atoms with Crippen molar-refractivity contribution in [3.63, 3.8) is 0 Å². The van der Waals surface area contributed by atoms with Gasteiger partial charge in [0.25, 0.3) is 0 Å². The first-order valence-electron chi connectivity index (χ1n) is 6.46. The van der Waals surface area contributed by atoms with Crippen LogP contribution in [-0.2, 0) is 11.3 Å². The van der Waals surface area contributed by atoms with Crippen LogP contribution in [0.3, 0.4) is 0 Å². The van der Waals surface area contributed by atoms with Gasteiger partial charge in [-0.3, -0.25) is 4.79 Å². The number of nitrogens with one attached hydrogen (secondary N) is 1. The smallest absolute Gasteiger partial charge is 0.306 e. The van der Waals surface area contributed by atoms with Crippen LogP contribution in [0.1, 0.15) is 31.2 Å². The lowest BCUT2D eigenvalue weighted by Gasteiger charge is -2.27. The third-order valence-corrected chi connectivity index (χ3v) is 4.46. The highest BCUT2D eigenvalue weighted by molar-refractivity contribution is 9.10. The third kappa shape index (κ3) is 4.20. The molecule has 0 heterocycles. The van der Waals surface area contributed by atoms with E-state index >= 15 is 0 Å². The fourth-order valence-electron chi connectivity index (χ4n) is 2.52. The number of carbonyl (C=O) groups is 1. The van der Waals surface area contributed by atoms with Gasteiger partial charge in [-0.15, -0.1) is 0 Å². The first kappa shape index (κ1) is 14.8. The molecule has 0 saturated heterocycles. The monoisotopic (exact) mass is 345 g/mol. The molecule has 0 aromatic heterocycles. The molecule has 1 aromatic rings. The highest BCUT2D eigenvalue weighted by Gasteiger charge is 2.26. The number of carboxylic acid groups (broad SMARTS) is 1. The molecule has 0 spiro atoms. The van der Waals surface area contributed by atoms with Crippen LogP contribution in [0.5, 0.6) is 0 Å². The quantitative estimate of drug-likeness (QED) is 0.871. The van der Waals surface area contributed by atoms with Gasteiger partial charge in [0.05, 0.1) is 5.92 Å². The SMILES string of the molecule is O=C(O)C1CCCC(NCc2ccc(Br)cc2Cl)C1. The summed E-state index contributed by atoms with van der Waals surface area (Å²) >= 11 is 9.54. The summed E-state index contributed by atoms with van der Waals surface area (Å²) in [7, 11) is 0. The molecule has 0 aliphatic heterocycles. The summed E-state index contributed by atoms with van der Waals surface area (Å²) in [5.41, 5.74) is 1.04. The lowest BCUT2D eigenvalue weighted by molar-refractivity contribution is -0.143. The lowest BCUT2D eigenvalue weighted by Crippen LogP contribution is -2.36. The fraction of sp³-hybridized carbons (Fsp3) is 0.500. The molecule has 2 atom stereocenters. The van der Waals surface area contributed by atoms with E-state index in [0.29, 0.717) is 13.0 Å². The zero-order chi connectivity index (χ0) is 13.8. The van der Waals surface area contributed by atoms with Gasteiger partial charge in [-0.05, 0) is 37.0 Å². The molecule has 0 bridgehead atoms. The Balaban J connectivity index is 1.89. The van der Waals surface area contributed by atoms with Crippen LogP contribution in [0.4, 0.5) is 0 Å². The number of hydrogen-bond acceptors (Lipinski definition) is 2.